The summed E-state index contributed by atoms with van der Waals surface area (Å²) in [7, 11) is 0. The molecule has 5 heteroatoms. The quantitative estimate of drug-likeness (QED) is 0.923. The van der Waals surface area contributed by atoms with E-state index in [0.717, 1.165) is 34.2 Å². The van der Waals surface area contributed by atoms with Crippen LogP contribution in [-0.4, -0.2) is 28.7 Å². The van der Waals surface area contributed by atoms with Gasteiger partial charge in [0.1, 0.15) is 5.52 Å². The van der Waals surface area contributed by atoms with Gasteiger partial charge in [0.05, 0.1) is 17.3 Å². The van der Waals surface area contributed by atoms with Crippen molar-refractivity contribution in [2.75, 3.05) is 11.9 Å². The molecule has 3 heterocycles. The molecule has 0 spiro atoms. The van der Waals surface area contributed by atoms with Crippen LogP contribution in [0.1, 0.15) is 26.2 Å². The summed E-state index contributed by atoms with van der Waals surface area (Å²) in [5, 5.41) is 3.53. The maximum Gasteiger partial charge on any atom is 0.112 e. The van der Waals surface area contributed by atoms with Crippen molar-refractivity contribution in [2.24, 2.45) is 0 Å². The van der Waals surface area contributed by atoms with Crippen LogP contribution in [0.4, 0.5) is 5.69 Å². The van der Waals surface area contributed by atoms with E-state index in [0.29, 0.717) is 12.1 Å². The van der Waals surface area contributed by atoms with Crippen LogP contribution in [0.2, 0.25) is 0 Å². The first-order valence-electron chi connectivity index (χ1n) is 7.01. The molecule has 1 aliphatic rings. The van der Waals surface area contributed by atoms with E-state index in [9.17, 15) is 0 Å². The minimum Gasteiger partial charge on any atom is -0.381 e. The first-order chi connectivity index (χ1) is 9.72. The van der Waals surface area contributed by atoms with Crippen molar-refractivity contribution in [3.8, 4) is 0 Å². The van der Waals surface area contributed by atoms with E-state index in [2.05, 4.69) is 38.1 Å². The van der Waals surface area contributed by atoms with Crippen molar-refractivity contribution >= 4 is 32.7 Å². The SMILES string of the molecule is CC(CC1CCCO1)Nc1ccnc2cc(Br)cnc12. The van der Waals surface area contributed by atoms with E-state index < -0.39 is 0 Å². The number of fused-ring (bicyclic) bond motifs is 1. The normalized spacial score (nSPS) is 20.2. The Bertz CT molecular complexity index is 599. The molecular weight excluding hydrogens is 318 g/mol. The van der Waals surface area contributed by atoms with Gasteiger partial charge < -0.3 is 10.1 Å². The number of aromatic nitrogens is 2. The fraction of sp³-hybridized carbons (Fsp3) is 0.467. The second-order valence-electron chi connectivity index (χ2n) is 5.30. The van der Waals surface area contributed by atoms with Crippen LogP contribution in [0, 0.1) is 0 Å². The number of nitrogens with one attached hydrogen (secondary N) is 1. The lowest BCUT2D eigenvalue weighted by Crippen LogP contribution is -2.22. The molecule has 0 saturated carbocycles. The van der Waals surface area contributed by atoms with Gasteiger partial charge in [-0.15, -0.1) is 0 Å². The Labute approximate surface area is 127 Å². The molecule has 20 heavy (non-hydrogen) atoms. The molecule has 2 aromatic rings. The molecule has 0 aliphatic carbocycles. The van der Waals surface area contributed by atoms with Gasteiger partial charge in [-0.05, 0) is 54.2 Å². The minimum absolute atomic E-state index is 0.356. The van der Waals surface area contributed by atoms with Crippen LogP contribution in [0.15, 0.2) is 29.0 Å². The van der Waals surface area contributed by atoms with Crippen LogP contribution in [-0.2, 0) is 4.74 Å². The monoisotopic (exact) mass is 335 g/mol. The number of hydrogen-bond donors (Lipinski definition) is 1. The summed E-state index contributed by atoms with van der Waals surface area (Å²) in [5.41, 5.74) is 2.84. The second-order valence-corrected chi connectivity index (χ2v) is 6.21. The Morgan fingerprint density at radius 3 is 3.20 bits per heavy atom. The standard InChI is InChI=1S/C15H18BrN3O/c1-10(7-12-3-2-6-20-12)19-13-4-5-17-14-8-11(16)9-18-15(13)14/h4-5,8-10,12H,2-3,6-7H2,1H3,(H,17,19). The largest absolute Gasteiger partial charge is 0.381 e. The topological polar surface area (TPSA) is 47.0 Å². The van der Waals surface area contributed by atoms with Gasteiger partial charge in [-0.25, -0.2) is 0 Å². The van der Waals surface area contributed by atoms with Gasteiger partial charge in [-0.3, -0.25) is 9.97 Å². The number of anilines is 1. The third-order valence-electron chi connectivity index (χ3n) is 3.59. The second kappa shape index (κ2) is 6.06. The van der Waals surface area contributed by atoms with Crippen LogP contribution < -0.4 is 5.32 Å². The fourth-order valence-corrected chi connectivity index (χ4v) is 2.99. The molecule has 0 bridgehead atoms. The Hall–Kier alpha value is -1.20. The highest BCUT2D eigenvalue weighted by Gasteiger charge is 2.18. The molecule has 0 amide bonds. The molecule has 2 aromatic heterocycles. The zero-order valence-corrected chi connectivity index (χ0v) is 13.1. The van der Waals surface area contributed by atoms with E-state index in [1.165, 1.54) is 12.8 Å². The predicted octanol–water partition coefficient (Wildman–Crippen LogP) is 3.76. The molecular formula is C15H18BrN3O. The number of nitrogens with zero attached hydrogens (tertiary/aromatic N) is 2. The van der Waals surface area contributed by atoms with Crippen molar-refractivity contribution in [1.29, 1.82) is 0 Å². The van der Waals surface area contributed by atoms with Crippen LogP contribution in [0.5, 0.6) is 0 Å². The summed E-state index contributed by atoms with van der Waals surface area (Å²) in [6, 6.07) is 4.32. The number of halogens is 1. The van der Waals surface area contributed by atoms with E-state index in [4.69, 9.17) is 4.74 Å². The molecule has 0 radical (unpaired) electrons. The number of hydrogen-bond acceptors (Lipinski definition) is 4. The molecule has 2 unspecified atom stereocenters. The Morgan fingerprint density at radius 2 is 2.40 bits per heavy atom. The van der Waals surface area contributed by atoms with Gasteiger partial charge in [-0.2, -0.15) is 0 Å². The molecule has 1 N–H and O–H groups in total. The number of pyridine rings is 2. The molecule has 4 nitrogen and oxygen atoms in total. The van der Waals surface area contributed by atoms with Gasteiger partial charge in [0.15, 0.2) is 0 Å². The maximum absolute atomic E-state index is 5.69. The first kappa shape index (κ1) is 13.8. The number of ether oxygens (including phenoxy) is 1. The van der Waals surface area contributed by atoms with E-state index >= 15 is 0 Å². The summed E-state index contributed by atoms with van der Waals surface area (Å²) < 4.78 is 6.64. The van der Waals surface area contributed by atoms with Gasteiger partial charge in [-0.1, -0.05) is 0 Å². The molecule has 1 fully saturated rings. The van der Waals surface area contributed by atoms with Crippen molar-refractivity contribution in [2.45, 2.75) is 38.3 Å². The highest BCUT2D eigenvalue weighted by Crippen LogP contribution is 2.24. The summed E-state index contributed by atoms with van der Waals surface area (Å²) in [5.74, 6) is 0. The molecule has 3 rings (SSSR count). The third-order valence-corrected chi connectivity index (χ3v) is 4.02. The van der Waals surface area contributed by atoms with Crippen LogP contribution >= 0.6 is 15.9 Å². The van der Waals surface area contributed by atoms with Crippen molar-refractivity contribution in [1.82, 2.24) is 9.97 Å². The molecule has 1 aliphatic heterocycles. The lowest BCUT2D eigenvalue weighted by Gasteiger charge is -2.19. The van der Waals surface area contributed by atoms with Crippen molar-refractivity contribution < 1.29 is 4.74 Å². The molecule has 0 aromatic carbocycles. The average Bonchev–Trinajstić information content (AvgIpc) is 2.91. The van der Waals surface area contributed by atoms with E-state index in [1.807, 2.05) is 18.3 Å². The van der Waals surface area contributed by atoms with Crippen molar-refractivity contribution in [3.63, 3.8) is 0 Å². The maximum atomic E-state index is 5.69. The highest BCUT2D eigenvalue weighted by molar-refractivity contribution is 9.10. The van der Waals surface area contributed by atoms with Crippen molar-refractivity contribution in [3.05, 3.63) is 29.0 Å². The summed E-state index contributed by atoms with van der Waals surface area (Å²) in [6.45, 7) is 3.10. The first-order valence-corrected chi connectivity index (χ1v) is 7.80. The summed E-state index contributed by atoms with van der Waals surface area (Å²) in [6.07, 6.45) is 7.41. The Balaban J connectivity index is 1.76. The van der Waals surface area contributed by atoms with E-state index in [-0.39, 0.29) is 0 Å². The molecule has 1 saturated heterocycles. The summed E-state index contributed by atoms with van der Waals surface area (Å²) >= 11 is 3.43. The lowest BCUT2D eigenvalue weighted by atomic mass is 10.1. The van der Waals surface area contributed by atoms with E-state index in [1.54, 1.807) is 6.20 Å². The Kier molecular flexibility index (Phi) is 4.17. The molecule has 2 atom stereocenters. The molecule has 106 valence electrons. The Morgan fingerprint density at radius 1 is 1.50 bits per heavy atom. The van der Waals surface area contributed by atoms with Gasteiger partial charge >= 0.3 is 0 Å². The fourth-order valence-electron chi connectivity index (χ4n) is 2.67. The minimum atomic E-state index is 0.356. The average molecular weight is 336 g/mol. The van der Waals surface area contributed by atoms with Gasteiger partial charge in [0.25, 0.3) is 0 Å². The van der Waals surface area contributed by atoms with Gasteiger partial charge in [0.2, 0.25) is 0 Å². The van der Waals surface area contributed by atoms with Crippen LogP contribution in [0.25, 0.3) is 11.0 Å². The third kappa shape index (κ3) is 3.10. The zero-order chi connectivity index (χ0) is 13.9. The van der Waals surface area contributed by atoms with Gasteiger partial charge in [0, 0.05) is 29.5 Å². The smallest absolute Gasteiger partial charge is 0.112 e. The van der Waals surface area contributed by atoms with Crippen LogP contribution in [0.3, 0.4) is 0 Å². The zero-order valence-electron chi connectivity index (χ0n) is 11.5. The lowest BCUT2D eigenvalue weighted by molar-refractivity contribution is 0.101. The number of rotatable bonds is 4. The summed E-state index contributed by atoms with van der Waals surface area (Å²) in [4.78, 5) is 8.82. The highest BCUT2D eigenvalue weighted by atomic mass is 79.9. The predicted molar refractivity (Wildman–Crippen MR) is 83.9 cm³/mol.